The van der Waals surface area contributed by atoms with Gasteiger partial charge in [-0.1, -0.05) is 74.5 Å². The Balaban J connectivity index is 1.47. The second kappa shape index (κ2) is 17.4. The molecule has 256 valence electrons. The van der Waals surface area contributed by atoms with Crippen LogP contribution in [-0.2, 0) is 32.0 Å². The summed E-state index contributed by atoms with van der Waals surface area (Å²) in [7, 11) is 2.08. The number of likely N-dealkylation sites (N-methyl/N-ethyl adjacent to an activating group) is 1. The number of nitrogens with one attached hydrogen (secondary N) is 3. The number of rotatable bonds is 17. The van der Waals surface area contributed by atoms with Crippen LogP contribution in [0.1, 0.15) is 57.1 Å². The van der Waals surface area contributed by atoms with Gasteiger partial charge < -0.3 is 32.3 Å². The number of likely N-dealkylation sites (tertiary alicyclic amines) is 2. The molecular formula is C36H53N7O4. The highest BCUT2D eigenvalue weighted by molar-refractivity contribution is 5.95. The van der Waals surface area contributed by atoms with Gasteiger partial charge in [-0.2, -0.15) is 0 Å². The molecule has 6 atom stereocenters. The Hall–Kier alpha value is -3.80. The van der Waals surface area contributed by atoms with Gasteiger partial charge in [0, 0.05) is 31.6 Å². The van der Waals surface area contributed by atoms with Crippen molar-refractivity contribution < 1.29 is 19.2 Å². The molecule has 0 aromatic heterocycles. The molecule has 11 heteroatoms. The van der Waals surface area contributed by atoms with Crippen molar-refractivity contribution in [3.8, 4) is 0 Å². The molecule has 0 radical (unpaired) electrons. The maximum atomic E-state index is 13.9. The minimum Gasteiger partial charge on any atom is -0.343 e. The van der Waals surface area contributed by atoms with Crippen LogP contribution >= 0.6 is 0 Å². The summed E-state index contributed by atoms with van der Waals surface area (Å²) in [5.74, 6) is -1.35. The van der Waals surface area contributed by atoms with E-state index in [1.807, 2.05) is 79.4 Å². The van der Waals surface area contributed by atoms with Gasteiger partial charge in [0.15, 0.2) is 0 Å². The molecule has 0 saturated carbocycles. The number of unbranched alkanes of at least 4 members (excludes halogenated alkanes) is 1. The second-order valence-electron chi connectivity index (χ2n) is 13.6. The quantitative estimate of drug-likeness (QED) is 0.162. The lowest BCUT2D eigenvalue weighted by molar-refractivity contribution is -0.139. The molecule has 4 rings (SSSR count). The van der Waals surface area contributed by atoms with Gasteiger partial charge in [-0.15, -0.1) is 0 Å². The Morgan fingerprint density at radius 2 is 1.34 bits per heavy atom. The van der Waals surface area contributed by atoms with Gasteiger partial charge >= 0.3 is 0 Å². The Kier molecular flexibility index (Phi) is 13.3. The number of amides is 4. The van der Waals surface area contributed by atoms with Crippen LogP contribution in [0.2, 0.25) is 0 Å². The van der Waals surface area contributed by atoms with E-state index < -0.39 is 41.9 Å². The third-order valence-corrected chi connectivity index (χ3v) is 9.25. The first-order valence-corrected chi connectivity index (χ1v) is 17.0. The molecule has 0 aliphatic carbocycles. The zero-order valence-electron chi connectivity index (χ0n) is 28.1. The van der Waals surface area contributed by atoms with Gasteiger partial charge in [0.05, 0.1) is 6.04 Å². The van der Waals surface area contributed by atoms with Crippen LogP contribution in [0, 0.1) is 5.92 Å². The number of carbonyl (C=O) groups is 4. The molecule has 6 unspecified atom stereocenters. The second-order valence-corrected chi connectivity index (χ2v) is 13.6. The van der Waals surface area contributed by atoms with Crippen LogP contribution < -0.4 is 27.4 Å². The van der Waals surface area contributed by atoms with Crippen molar-refractivity contribution in [1.29, 1.82) is 0 Å². The number of piperazine rings is 1. The normalized spacial score (nSPS) is 20.0. The van der Waals surface area contributed by atoms with E-state index in [9.17, 15) is 19.2 Å². The predicted molar refractivity (Wildman–Crippen MR) is 183 cm³/mol. The van der Waals surface area contributed by atoms with Crippen molar-refractivity contribution in [2.24, 2.45) is 17.4 Å². The number of nitrogens with two attached hydrogens (primary N) is 2. The zero-order chi connectivity index (χ0) is 33.9. The number of hydrogen-bond acceptors (Lipinski definition) is 7. The van der Waals surface area contributed by atoms with Crippen molar-refractivity contribution in [3.63, 3.8) is 0 Å². The Bertz CT molecular complexity index is 1320. The van der Waals surface area contributed by atoms with E-state index in [1.165, 1.54) is 0 Å². The molecule has 2 aromatic carbocycles. The highest BCUT2D eigenvalue weighted by Crippen LogP contribution is 2.30. The average molecular weight is 648 g/mol. The van der Waals surface area contributed by atoms with E-state index in [4.69, 9.17) is 11.5 Å². The summed E-state index contributed by atoms with van der Waals surface area (Å²) in [4.78, 5) is 59.0. The van der Waals surface area contributed by atoms with Gasteiger partial charge in [0.25, 0.3) is 0 Å². The van der Waals surface area contributed by atoms with Crippen LogP contribution in [0.25, 0.3) is 0 Å². The zero-order valence-corrected chi connectivity index (χ0v) is 28.1. The first kappa shape index (κ1) is 36.0. The minimum atomic E-state index is -0.965. The summed E-state index contributed by atoms with van der Waals surface area (Å²) in [6.07, 6.45) is 3.76. The summed E-state index contributed by atoms with van der Waals surface area (Å²) in [5, 5.41) is 8.77. The van der Waals surface area contributed by atoms with Gasteiger partial charge in [-0.05, 0) is 69.2 Å². The fourth-order valence-corrected chi connectivity index (χ4v) is 6.63. The SMILES string of the molecule is CC(C)CC(NC(=O)C(Cc1ccccc1)NC(=O)C(N)Cc1ccccc1)C(=O)NC(CCCCN)C(=O)N1CC2CC1CN2C. The van der Waals surface area contributed by atoms with Gasteiger partial charge in [0.2, 0.25) is 23.6 Å². The van der Waals surface area contributed by atoms with Crippen molar-refractivity contribution in [2.45, 2.75) is 95.0 Å². The molecule has 2 heterocycles. The molecule has 11 nitrogen and oxygen atoms in total. The molecule has 0 spiro atoms. The molecular weight excluding hydrogens is 594 g/mol. The standard InChI is InChI=1S/C36H53N7O4/c1-24(2)18-31(34(45)39-30(16-10-11-17-37)36(47)43-23-27-21-28(43)22-42(27)3)41-35(46)32(20-26-14-8-5-9-15-26)40-33(44)29(38)19-25-12-6-4-7-13-25/h4-9,12-15,24,27-32H,10-11,16-23,37-38H2,1-3H3,(H,39,45)(H,40,44)(H,41,46). The number of hydrogen-bond donors (Lipinski definition) is 5. The van der Waals surface area contributed by atoms with Gasteiger partial charge in [-0.3, -0.25) is 24.1 Å². The van der Waals surface area contributed by atoms with E-state index in [1.54, 1.807) is 0 Å². The number of fused-ring (bicyclic) bond motifs is 2. The Labute approximate surface area is 279 Å². The molecule has 7 N–H and O–H groups in total. The van der Waals surface area contributed by atoms with Crippen LogP contribution in [0.3, 0.4) is 0 Å². The molecule has 2 saturated heterocycles. The van der Waals surface area contributed by atoms with Crippen LogP contribution in [0.15, 0.2) is 60.7 Å². The van der Waals surface area contributed by atoms with Crippen LogP contribution in [-0.4, -0.2) is 96.4 Å². The highest BCUT2D eigenvalue weighted by atomic mass is 16.2. The highest BCUT2D eigenvalue weighted by Gasteiger charge is 2.45. The topological polar surface area (TPSA) is 163 Å². The predicted octanol–water partition coefficient (Wildman–Crippen LogP) is 1.34. The number of nitrogens with zero attached hydrogens (tertiary/aromatic N) is 2. The first-order valence-electron chi connectivity index (χ1n) is 17.0. The summed E-state index contributed by atoms with van der Waals surface area (Å²) >= 11 is 0. The number of carbonyl (C=O) groups excluding carboxylic acids is 4. The fourth-order valence-electron chi connectivity index (χ4n) is 6.63. The van der Waals surface area contributed by atoms with Crippen molar-refractivity contribution in [3.05, 3.63) is 71.8 Å². The summed E-state index contributed by atoms with van der Waals surface area (Å²) in [5.41, 5.74) is 13.8. The van der Waals surface area contributed by atoms with E-state index in [0.717, 1.165) is 30.5 Å². The lowest BCUT2D eigenvalue weighted by Crippen LogP contribution is -2.59. The third kappa shape index (κ3) is 10.3. The third-order valence-electron chi connectivity index (χ3n) is 9.25. The molecule has 2 bridgehead atoms. The molecule has 2 aliphatic heterocycles. The Morgan fingerprint density at radius 3 is 1.89 bits per heavy atom. The van der Waals surface area contributed by atoms with Gasteiger partial charge in [0.1, 0.15) is 18.1 Å². The smallest absolute Gasteiger partial charge is 0.245 e. The fraction of sp³-hybridized carbons (Fsp3) is 0.556. The van der Waals surface area contributed by atoms with Crippen molar-refractivity contribution in [1.82, 2.24) is 25.8 Å². The van der Waals surface area contributed by atoms with Crippen LogP contribution in [0.5, 0.6) is 0 Å². The molecule has 2 aliphatic rings. The van der Waals surface area contributed by atoms with E-state index >= 15 is 0 Å². The van der Waals surface area contributed by atoms with E-state index in [0.29, 0.717) is 44.8 Å². The summed E-state index contributed by atoms with van der Waals surface area (Å²) in [6, 6.07) is 15.9. The summed E-state index contributed by atoms with van der Waals surface area (Å²) in [6.45, 7) is 5.93. The maximum absolute atomic E-state index is 13.9. The average Bonchev–Trinajstić information content (AvgIpc) is 3.64. The largest absolute Gasteiger partial charge is 0.343 e. The molecule has 2 fully saturated rings. The number of benzene rings is 2. The molecule has 47 heavy (non-hydrogen) atoms. The maximum Gasteiger partial charge on any atom is 0.245 e. The van der Waals surface area contributed by atoms with Crippen molar-refractivity contribution >= 4 is 23.6 Å². The summed E-state index contributed by atoms with van der Waals surface area (Å²) < 4.78 is 0. The Morgan fingerprint density at radius 1 is 0.766 bits per heavy atom. The van der Waals surface area contributed by atoms with Crippen LogP contribution in [0.4, 0.5) is 0 Å². The monoisotopic (exact) mass is 647 g/mol. The lowest BCUT2D eigenvalue weighted by atomic mass is 9.99. The van der Waals surface area contributed by atoms with Gasteiger partial charge in [-0.25, -0.2) is 0 Å². The minimum absolute atomic E-state index is 0.0729. The lowest BCUT2D eigenvalue weighted by Gasteiger charge is -2.35. The van der Waals surface area contributed by atoms with E-state index in [2.05, 4.69) is 27.9 Å². The first-order chi connectivity index (χ1) is 22.5. The van der Waals surface area contributed by atoms with Crippen molar-refractivity contribution in [2.75, 3.05) is 26.7 Å². The van der Waals surface area contributed by atoms with E-state index in [-0.39, 0.29) is 24.3 Å². The molecule has 4 amide bonds. The molecule has 2 aromatic rings.